The molecule has 1 aromatic heterocycles. The first-order valence-corrected chi connectivity index (χ1v) is 6.97. The number of rotatable bonds is 6. The third-order valence-electron chi connectivity index (χ3n) is 2.67. The zero-order valence-corrected chi connectivity index (χ0v) is 12.2. The van der Waals surface area contributed by atoms with Gasteiger partial charge in [-0.3, -0.25) is 0 Å². The summed E-state index contributed by atoms with van der Waals surface area (Å²) >= 11 is 1.58. The second kappa shape index (κ2) is 6.54. The molecule has 0 bridgehead atoms. The quantitative estimate of drug-likeness (QED) is 0.880. The van der Waals surface area contributed by atoms with Crippen molar-refractivity contribution in [1.29, 1.82) is 0 Å². The number of anilines is 1. The number of hydrogen-bond acceptors (Lipinski definition) is 5. The number of para-hydroxylation sites is 1. The Kier molecular flexibility index (Phi) is 4.76. The lowest BCUT2D eigenvalue weighted by atomic mass is 10.1. The van der Waals surface area contributed by atoms with Crippen molar-refractivity contribution in [2.45, 2.75) is 13.0 Å². The van der Waals surface area contributed by atoms with Crippen molar-refractivity contribution in [2.75, 3.05) is 26.1 Å². The molecule has 0 unspecified atom stereocenters. The van der Waals surface area contributed by atoms with Gasteiger partial charge in [0, 0.05) is 24.1 Å². The fourth-order valence-electron chi connectivity index (χ4n) is 1.82. The number of benzene rings is 1. The van der Waals surface area contributed by atoms with Crippen LogP contribution >= 0.6 is 11.3 Å². The van der Waals surface area contributed by atoms with Gasteiger partial charge in [-0.15, -0.1) is 11.3 Å². The molecule has 1 aromatic carbocycles. The van der Waals surface area contributed by atoms with Gasteiger partial charge < -0.3 is 14.8 Å². The molecule has 1 N–H and O–H groups in total. The SMILES string of the molecule is COC[C@H](C)Nc1nc(-c2ccccc2OC)cs1. The summed E-state index contributed by atoms with van der Waals surface area (Å²) in [6, 6.07) is 8.12. The molecule has 0 amide bonds. The molecular formula is C14H18N2O2S. The summed E-state index contributed by atoms with van der Waals surface area (Å²) in [6.45, 7) is 2.72. The predicted octanol–water partition coefficient (Wildman–Crippen LogP) is 3.27. The minimum absolute atomic E-state index is 0.238. The lowest BCUT2D eigenvalue weighted by molar-refractivity contribution is 0.190. The Bertz CT molecular complexity index is 528. The third kappa shape index (κ3) is 3.45. The maximum absolute atomic E-state index is 5.35. The minimum Gasteiger partial charge on any atom is -0.496 e. The van der Waals surface area contributed by atoms with Gasteiger partial charge in [0.2, 0.25) is 0 Å². The van der Waals surface area contributed by atoms with Crippen molar-refractivity contribution in [1.82, 2.24) is 4.98 Å². The fraction of sp³-hybridized carbons (Fsp3) is 0.357. The summed E-state index contributed by atoms with van der Waals surface area (Å²) in [5.41, 5.74) is 1.93. The van der Waals surface area contributed by atoms with Crippen LogP contribution in [0, 0.1) is 0 Å². The Hall–Kier alpha value is -1.59. The smallest absolute Gasteiger partial charge is 0.183 e. The molecule has 1 heterocycles. The summed E-state index contributed by atoms with van der Waals surface area (Å²) in [6.07, 6.45) is 0. The second-order valence-electron chi connectivity index (χ2n) is 4.24. The molecule has 19 heavy (non-hydrogen) atoms. The Balaban J connectivity index is 2.16. The molecule has 0 fully saturated rings. The number of thiazole rings is 1. The Morgan fingerprint density at radius 3 is 2.84 bits per heavy atom. The number of ether oxygens (including phenoxy) is 2. The number of aromatic nitrogens is 1. The van der Waals surface area contributed by atoms with Crippen molar-refractivity contribution in [3.05, 3.63) is 29.6 Å². The molecule has 4 nitrogen and oxygen atoms in total. The first-order chi connectivity index (χ1) is 9.24. The number of nitrogens with one attached hydrogen (secondary N) is 1. The zero-order valence-electron chi connectivity index (χ0n) is 11.3. The lowest BCUT2D eigenvalue weighted by Crippen LogP contribution is -2.20. The van der Waals surface area contributed by atoms with Crippen LogP contribution in [0.2, 0.25) is 0 Å². The molecule has 102 valence electrons. The van der Waals surface area contributed by atoms with Gasteiger partial charge in [-0.2, -0.15) is 0 Å². The van der Waals surface area contributed by atoms with Crippen molar-refractivity contribution >= 4 is 16.5 Å². The monoisotopic (exact) mass is 278 g/mol. The fourth-order valence-corrected chi connectivity index (χ4v) is 2.65. The van der Waals surface area contributed by atoms with Gasteiger partial charge in [-0.1, -0.05) is 12.1 Å². The van der Waals surface area contributed by atoms with Crippen LogP contribution in [0.15, 0.2) is 29.6 Å². The largest absolute Gasteiger partial charge is 0.496 e. The minimum atomic E-state index is 0.238. The Morgan fingerprint density at radius 1 is 1.32 bits per heavy atom. The van der Waals surface area contributed by atoms with E-state index in [9.17, 15) is 0 Å². The molecule has 0 aliphatic rings. The molecule has 0 saturated heterocycles. The Labute approximate surface area is 117 Å². The van der Waals surface area contributed by atoms with Crippen LogP contribution in [0.5, 0.6) is 5.75 Å². The molecule has 0 aliphatic heterocycles. The summed E-state index contributed by atoms with van der Waals surface area (Å²) in [5.74, 6) is 0.837. The van der Waals surface area contributed by atoms with E-state index in [-0.39, 0.29) is 6.04 Å². The van der Waals surface area contributed by atoms with E-state index in [4.69, 9.17) is 9.47 Å². The summed E-state index contributed by atoms with van der Waals surface area (Å²) < 4.78 is 10.5. The molecule has 5 heteroatoms. The van der Waals surface area contributed by atoms with E-state index in [1.165, 1.54) is 0 Å². The standard InChI is InChI=1S/C14H18N2O2S/c1-10(8-17-2)15-14-16-12(9-19-14)11-6-4-5-7-13(11)18-3/h4-7,9-10H,8H2,1-3H3,(H,15,16)/t10-/m0/s1. The molecule has 2 rings (SSSR count). The maximum atomic E-state index is 5.35. The van der Waals surface area contributed by atoms with Crippen LogP contribution in [0.4, 0.5) is 5.13 Å². The second-order valence-corrected chi connectivity index (χ2v) is 5.10. The highest BCUT2D eigenvalue weighted by molar-refractivity contribution is 7.14. The number of methoxy groups -OCH3 is 2. The van der Waals surface area contributed by atoms with Crippen LogP contribution in [-0.2, 0) is 4.74 Å². The molecule has 2 aromatic rings. The van der Waals surface area contributed by atoms with Gasteiger partial charge in [0.05, 0.1) is 19.4 Å². The van der Waals surface area contributed by atoms with Gasteiger partial charge in [0.1, 0.15) is 5.75 Å². The highest BCUT2D eigenvalue weighted by atomic mass is 32.1. The summed E-state index contributed by atoms with van der Waals surface area (Å²) in [7, 11) is 3.37. The predicted molar refractivity (Wildman–Crippen MR) is 79.1 cm³/mol. The average Bonchev–Trinajstić information content (AvgIpc) is 2.87. The van der Waals surface area contributed by atoms with Crippen molar-refractivity contribution in [3.63, 3.8) is 0 Å². The normalized spacial score (nSPS) is 12.2. The van der Waals surface area contributed by atoms with Crippen LogP contribution in [0.3, 0.4) is 0 Å². The van der Waals surface area contributed by atoms with Gasteiger partial charge >= 0.3 is 0 Å². The van der Waals surface area contributed by atoms with Gasteiger partial charge in [0.25, 0.3) is 0 Å². The molecule has 0 radical (unpaired) electrons. The van der Waals surface area contributed by atoms with Crippen molar-refractivity contribution < 1.29 is 9.47 Å². The molecular weight excluding hydrogens is 260 g/mol. The van der Waals surface area contributed by atoms with Crippen LogP contribution in [0.1, 0.15) is 6.92 Å². The zero-order chi connectivity index (χ0) is 13.7. The summed E-state index contributed by atoms with van der Waals surface area (Å²) in [4.78, 5) is 4.58. The van der Waals surface area contributed by atoms with E-state index in [0.717, 1.165) is 22.1 Å². The van der Waals surface area contributed by atoms with Crippen molar-refractivity contribution in [3.8, 4) is 17.0 Å². The van der Waals surface area contributed by atoms with E-state index in [1.807, 2.05) is 29.6 Å². The topological polar surface area (TPSA) is 43.4 Å². The lowest BCUT2D eigenvalue weighted by Gasteiger charge is -2.10. The summed E-state index contributed by atoms with van der Waals surface area (Å²) in [5, 5.41) is 6.23. The van der Waals surface area contributed by atoms with Crippen LogP contribution < -0.4 is 10.1 Å². The maximum Gasteiger partial charge on any atom is 0.183 e. The first kappa shape index (κ1) is 13.8. The van der Waals surface area contributed by atoms with E-state index >= 15 is 0 Å². The van der Waals surface area contributed by atoms with Crippen LogP contribution in [0.25, 0.3) is 11.3 Å². The van der Waals surface area contributed by atoms with E-state index in [2.05, 4.69) is 17.2 Å². The third-order valence-corrected chi connectivity index (χ3v) is 3.45. The first-order valence-electron chi connectivity index (χ1n) is 6.09. The van der Waals surface area contributed by atoms with E-state index in [1.54, 1.807) is 25.6 Å². The van der Waals surface area contributed by atoms with Crippen molar-refractivity contribution in [2.24, 2.45) is 0 Å². The molecule has 0 aliphatic carbocycles. The van der Waals surface area contributed by atoms with Gasteiger partial charge in [0.15, 0.2) is 5.13 Å². The highest BCUT2D eigenvalue weighted by Gasteiger charge is 2.10. The molecule has 1 atom stereocenters. The van der Waals surface area contributed by atoms with Crippen LogP contribution in [-0.4, -0.2) is 31.9 Å². The van der Waals surface area contributed by atoms with E-state index < -0.39 is 0 Å². The highest BCUT2D eigenvalue weighted by Crippen LogP contribution is 2.31. The molecule has 0 spiro atoms. The Morgan fingerprint density at radius 2 is 2.11 bits per heavy atom. The van der Waals surface area contributed by atoms with Gasteiger partial charge in [-0.25, -0.2) is 4.98 Å². The number of hydrogen-bond donors (Lipinski definition) is 1. The van der Waals surface area contributed by atoms with Gasteiger partial charge in [-0.05, 0) is 19.1 Å². The number of nitrogens with zero attached hydrogens (tertiary/aromatic N) is 1. The molecule has 0 saturated carbocycles. The average molecular weight is 278 g/mol. The van der Waals surface area contributed by atoms with E-state index in [0.29, 0.717) is 6.61 Å².